The van der Waals surface area contributed by atoms with Gasteiger partial charge in [-0.25, -0.2) is 9.97 Å². The molecule has 6 rings (SSSR count). The van der Waals surface area contributed by atoms with E-state index in [2.05, 4.69) is 4.90 Å². The fourth-order valence-electron chi connectivity index (χ4n) is 6.73. The lowest BCUT2D eigenvalue weighted by Gasteiger charge is -2.48. The number of pyridine rings is 2. The standard InChI is InChI=1S/C36H35Cl2N3O5/c1-45-34-22(6-3-11-31(43)44)12-14-29(39-34)27-9-4-7-25(32(27)37)26-8-5-10-28(33(26)38)30-15-13-23(35(40-30)46-2)19-41-20-36(21-41)17-16-24(42)18-36/h4-5,7-10,12-15H,3,6,11,16-21H2,1-2H3,(H,43,44). The number of hydrogen-bond acceptors (Lipinski definition) is 7. The number of aromatic nitrogens is 2. The zero-order valence-corrected chi connectivity index (χ0v) is 27.3. The molecule has 1 N–H and O–H groups in total. The minimum atomic E-state index is -0.832. The number of ether oxygens (including phenoxy) is 2. The van der Waals surface area contributed by atoms with Crippen LogP contribution in [0.4, 0.5) is 0 Å². The van der Waals surface area contributed by atoms with Crippen molar-refractivity contribution in [3.63, 3.8) is 0 Å². The van der Waals surface area contributed by atoms with Crippen molar-refractivity contribution in [2.75, 3.05) is 27.3 Å². The first-order valence-electron chi connectivity index (χ1n) is 15.3. The molecule has 2 aliphatic rings. The third-order valence-corrected chi connectivity index (χ3v) is 9.77. The van der Waals surface area contributed by atoms with Crippen LogP contribution in [0, 0.1) is 5.41 Å². The van der Waals surface area contributed by atoms with E-state index in [9.17, 15) is 9.59 Å². The number of halogens is 2. The smallest absolute Gasteiger partial charge is 0.303 e. The van der Waals surface area contributed by atoms with Crippen molar-refractivity contribution in [2.45, 2.75) is 45.1 Å². The number of carbonyl (C=O) groups excluding carboxylic acids is 1. The summed E-state index contributed by atoms with van der Waals surface area (Å²) < 4.78 is 11.2. The zero-order valence-electron chi connectivity index (χ0n) is 25.8. The molecule has 0 radical (unpaired) electrons. The highest BCUT2D eigenvalue weighted by Gasteiger charge is 2.47. The predicted octanol–water partition coefficient (Wildman–Crippen LogP) is 7.76. The average Bonchev–Trinajstić information content (AvgIpc) is 3.43. The molecule has 46 heavy (non-hydrogen) atoms. The van der Waals surface area contributed by atoms with Gasteiger partial charge in [0.2, 0.25) is 11.8 Å². The number of aryl methyl sites for hydroxylation is 1. The molecular weight excluding hydrogens is 625 g/mol. The first-order chi connectivity index (χ1) is 22.2. The number of nitrogens with zero attached hydrogens (tertiary/aromatic N) is 3. The van der Waals surface area contributed by atoms with Gasteiger partial charge in [0.05, 0.1) is 35.7 Å². The third kappa shape index (κ3) is 6.47. The van der Waals surface area contributed by atoms with Crippen molar-refractivity contribution in [2.24, 2.45) is 5.41 Å². The minimum absolute atomic E-state index is 0.0777. The van der Waals surface area contributed by atoms with Gasteiger partial charge in [0, 0.05) is 77.7 Å². The zero-order chi connectivity index (χ0) is 32.4. The van der Waals surface area contributed by atoms with Crippen LogP contribution in [-0.4, -0.2) is 59.0 Å². The SMILES string of the molecule is COc1nc(-c2cccc(-c3cccc(-c4ccc(CN5CC6(CCC(=O)C6)C5)c(OC)n4)c3Cl)c2Cl)ccc1CCCC(=O)O. The van der Waals surface area contributed by atoms with Crippen LogP contribution in [-0.2, 0) is 22.6 Å². The quantitative estimate of drug-likeness (QED) is 0.174. The first-order valence-corrected chi connectivity index (χ1v) is 16.1. The molecule has 0 bridgehead atoms. The Kier molecular flexibility index (Phi) is 9.32. The van der Waals surface area contributed by atoms with E-state index in [1.807, 2.05) is 60.7 Å². The van der Waals surface area contributed by atoms with E-state index >= 15 is 0 Å². The number of rotatable bonds is 11. The number of carbonyl (C=O) groups is 2. The normalized spacial score (nSPS) is 15.6. The van der Waals surface area contributed by atoms with Gasteiger partial charge >= 0.3 is 5.97 Å². The molecule has 1 spiro atoms. The summed E-state index contributed by atoms with van der Waals surface area (Å²) in [6, 6.07) is 19.3. The van der Waals surface area contributed by atoms with Crippen molar-refractivity contribution in [1.29, 1.82) is 0 Å². The maximum absolute atomic E-state index is 11.8. The molecule has 1 saturated carbocycles. The lowest BCUT2D eigenvalue weighted by molar-refractivity contribution is -0.137. The van der Waals surface area contributed by atoms with Gasteiger partial charge in [0.1, 0.15) is 5.78 Å². The van der Waals surface area contributed by atoms with Gasteiger partial charge < -0.3 is 14.6 Å². The molecule has 4 aromatic rings. The van der Waals surface area contributed by atoms with Gasteiger partial charge in [-0.15, -0.1) is 0 Å². The maximum atomic E-state index is 11.8. The highest BCUT2D eigenvalue weighted by molar-refractivity contribution is 6.39. The van der Waals surface area contributed by atoms with E-state index in [-0.39, 0.29) is 11.8 Å². The number of benzene rings is 2. The number of carboxylic acids is 1. The third-order valence-electron chi connectivity index (χ3n) is 8.96. The van der Waals surface area contributed by atoms with Crippen molar-refractivity contribution in [3.8, 4) is 45.4 Å². The molecule has 2 aromatic heterocycles. The largest absolute Gasteiger partial charge is 0.481 e. The Morgan fingerprint density at radius 3 is 1.91 bits per heavy atom. The second-order valence-electron chi connectivity index (χ2n) is 12.2. The van der Waals surface area contributed by atoms with Crippen LogP contribution in [0.15, 0.2) is 60.7 Å². The molecule has 238 valence electrons. The van der Waals surface area contributed by atoms with Crippen LogP contribution in [0.1, 0.15) is 43.2 Å². The van der Waals surface area contributed by atoms with E-state index in [0.29, 0.717) is 71.2 Å². The van der Waals surface area contributed by atoms with Gasteiger partial charge in [-0.1, -0.05) is 71.7 Å². The molecule has 10 heteroatoms. The fourth-order valence-corrected chi connectivity index (χ4v) is 7.38. The Balaban J connectivity index is 1.25. The minimum Gasteiger partial charge on any atom is -0.481 e. The Morgan fingerprint density at radius 2 is 1.39 bits per heavy atom. The molecule has 1 aliphatic heterocycles. The topological polar surface area (TPSA) is 102 Å². The molecule has 0 atom stereocenters. The van der Waals surface area contributed by atoms with E-state index in [1.54, 1.807) is 14.2 Å². The van der Waals surface area contributed by atoms with Crippen LogP contribution in [0.5, 0.6) is 11.8 Å². The van der Waals surface area contributed by atoms with Crippen LogP contribution >= 0.6 is 23.2 Å². The van der Waals surface area contributed by atoms with Crippen molar-refractivity contribution in [3.05, 3.63) is 81.8 Å². The van der Waals surface area contributed by atoms with E-state index < -0.39 is 5.97 Å². The second-order valence-corrected chi connectivity index (χ2v) is 12.9. The summed E-state index contributed by atoms with van der Waals surface area (Å²) in [4.78, 5) is 34.6. The number of likely N-dealkylation sites (tertiary alicyclic amines) is 1. The lowest BCUT2D eigenvalue weighted by atomic mass is 9.78. The summed E-state index contributed by atoms with van der Waals surface area (Å²) in [7, 11) is 3.17. The first kappa shape index (κ1) is 32.0. The Morgan fingerprint density at radius 1 is 0.848 bits per heavy atom. The highest BCUT2D eigenvalue weighted by Crippen LogP contribution is 2.45. The van der Waals surface area contributed by atoms with Crippen molar-refractivity contribution >= 4 is 35.0 Å². The Hall–Kier alpha value is -3.98. The lowest BCUT2D eigenvalue weighted by Crippen LogP contribution is -2.54. The summed E-state index contributed by atoms with van der Waals surface area (Å²) in [6.45, 7) is 2.57. The summed E-state index contributed by atoms with van der Waals surface area (Å²) in [5.74, 6) is 0.540. The van der Waals surface area contributed by atoms with Crippen LogP contribution < -0.4 is 9.47 Å². The molecule has 3 heterocycles. The van der Waals surface area contributed by atoms with Crippen LogP contribution in [0.3, 0.4) is 0 Å². The van der Waals surface area contributed by atoms with Crippen molar-refractivity contribution < 1.29 is 24.2 Å². The monoisotopic (exact) mass is 659 g/mol. The number of carboxylic acid groups (broad SMARTS) is 1. The van der Waals surface area contributed by atoms with E-state index in [0.717, 1.165) is 52.9 Å². The van der Waals surface area contributed by atoms with Gasteiger partial charge in [0.25, 0.3) is 0 Å². The number of aliphatic carboxylic acids is 1. The van der Waals surface area contributed by atoms with E-state index in [4.69, 9.17) is 47.8 Å². The number of Topliss-reactive ketones (excluding diaryl/α,β-unsaturated/α-hetero) is 1. The van der Waals surface area contributed by atoms with Crippen LogP contribution in [0.2, 0.25) is 10.0 Å². The van der Waals surface area contributed by atoms with Gasteiger partial charge in [0.15, 0.2) is 0 Å². The second kappa shape index (κ2) is 13.4. The molecule has 0 unspecified atom stereocenters. The fraction of sp³-hybridized carbons (Fsp3) is 0.333. The van der Waals surface area contributed by atoms with Crippen molar-refractivity contribution in [1.82, 2.24) is 14.9 Å². The summed E-state index contributed by atoms with van der Waals surface area (Å²) >= 11 is 14.1. The highest BCUT2D eigenvalue weighted by atomic mass is 35.5. The Labute approximate surface area is 278 Å². The number of ketones is 1. The molecular formula is C36H35Cl2N3O5. The number of hydrogen-bond donors (Lipinski definition) is 1. The molecule has 0 amide bonds. The van der Waals surface area contributed by atoms with Gasteiger partial charge in [-0.05, 0) is 31.4 Å². The summed E-state index contributed by atoms with van der Waals surface area (Å²) in [5.41, 5.74) is 6.28. The molecule has 1 aliphatic carbocycles. The summed E-state index contributed by atoms with van der Waals surface area (Å²) in [6.07, 6.45) is 3.51. The molecule has 1 saturated heterocycles. The average molecular weight is 661 g/mol. The predicted molar refractivity (Wildman–Crippen MR) is 179 cm³/mol. The van der Waals surface area contributed by atoms with Crippen LogP contribution in [0.25, 0.3) is 33.6 Å². The summed E-state index contributed by atoms with van der Waals surface area (Å²) in [5, 5.41) is 9.99. The Bertz CT molecular complexity index is 1800. The molecule has 2 fully saturated rings. The number of methoxy groups -OCH3 is 2. The van der Waals surface area contributed by atoms with Gasteiger partial charge in [-0.2, -0.15) is 0 Å². The van der Waals surface area contributed by atoms with E-state index in [1.165, 1.54) is 0 Å². The van der Waals surface area contributed by atoms with Gasteiger partial charge in [-0.3, -0.25) is 14.5 Å². The molecule has 2 aromatic carbocycles. The maximum Gasteiger partial charge on any atom is 0.303 e. The molecule has 8 nitrogen and oxygen atoms in total.